The van der Waals surface area contributed by atoms with Gasteiger partial charge in [0.15, 0.2) is 0 Å². The number of sulfone groups is 1. The second kappa shape index (κ2) is 6.03. The van der Waals surface area contributed by atoms with Gasteiger partial charge in [0, 0.05) is 24.8 Å². The summed E-state index contributed by atoms with van der Waals surface area (Å²) in [6, 6.07) is 10.00. The van der Waals surface area contributed by atoms with E-state index in [0.29, 0.717) is 13.2 Å². The van der Waals surface area contributed by atoms with Crippen molar-refractivity contribution in [2.75, 3.05) is 38.8 Å². The average Bonchev–Trinajstić information content (AvgIpc) is 2.52. The molecule has 1 saturated heterocycles. The van der Waals surface area contributed by atoms with Crippen molar-refractivity contribution >= 4 is 9.84 Å². The Kier molecular flexibility index (Phi) is 4.60. The van der Waals surface area contributed by atoms with Crippen LogP contribution in [-0.4, -0.2) is 58.2 Å². The van der Waals surface area contributed by atoms with Gasteiger partial charge in [-0.05, 0) is 12.6 Å². The Bertz CT molecular complexity index is 501. The van der Waals surface area contributed by atoms with E-state index in [1.165, 1.54) is 6.26 Å². The van der Waals surface area contributed by atoms with Crippen LogP contribution in [0.25, 0.3) is 0 Å². The zero-order chi connectivity index (χ0) is 13.9. The molecule has 19 heavy (non-hydrogen) atoms. The molecule has 106 valence electrons. The molecular weight excluding hydrogens is 262 g/mol. The first kappa shape index (κ1) is 14.5. The summed E-state index contributed by atoms with van der Waals surface area (Å²) in [5.74, 6) is 0.273. The van der Waals surface area contributed by atoms with Gasteiger partial charge in [0.05, 0.1) is 19.0 Å². The van der Waals surface area contributed by atoms with E-state index >= 15 is 0 Å². The van der Waals surface area contributed by atoms with Crippen LogP contribution in [0.2, 0.25) is 0 Å². The molecule has 1 fully saturated rings. The number of rotatable bonds is 3. The lowest BCUT2D eigenvalue weighted by molar-refractivity contribution is 0.136. The van der Waals surface area contributed by atoms with E-state index in [-0.39, 0.29) is 17.7 Å². The molecule has 5 heteroatoms. The fourth-order valence-corrected chi connectivity index (χ4v) is 3.68. The van der Waals surface area contributed by atoms with Gasteiger partial charge in [0.1, 0.15) is 9.84 Å². The molecule has 0 aliphatic carbocycles. The Morgan fingerprint density at radius 3 is 2.63 bits per heavy atom. The van der Waals surface area contributed by atoms with Crippen molar-refractivity contribution in [2.45, 2.75) is 12.0 Å². The maximum atomic E-state index is 11.7. The topological polar surface area (TPSA) is 46.6 Å². The molecule has 1 aromatic carbocycles. The van der Waals surface area contributed by atoms with E-state index in [1.807, 2.05) is 37.4 Å². The first-order valence-electron chi connectivity index (χ1n) is 6.48. The van der Waals surface area contributed by atoms with E-state index in [4.69, 9.17) is 4.74 Å². The van der Waals surface area contributed by atoms with Crippen LogP contribution in [0.3, 0.4) is 0 Å². The van der Waals surface area contributed by atoms with E-state index in [0.717, 1.165) is 12.1 Å². The molecule has 1 aliphatic rings. The van der Waals surface area contributed by atoms with Crippen molar-refractivity contribution in [2.24, 2.45) is 0 Å². The third-order valence-electron chi connectivity index (χ3n) is 3.62. The van der Waals surface area contributed by atoms with Crippen LogP contribution in [-0.2, 0) is 14.6 Å². The Balaban J connectivity index is 2.30. The fraction of sp³-hybridized carbons (Fsp3) is 0.571. The monoisotopic (exact) mass is 283 g/mol. The molecule has 0 saturated carbocycles. The Labute approximate surface area is 115 Å². The van der Waals surface area contributed by atoms with E-state index in [1.54, 1.807) is 0 Å². The minimum absolute atomic E-state index is 0.0279. The molecule has 0 radical (unpaired) electrons. The lowest BCUT2D eigenvalue weighted by atomic mass is 9.92. The average molecular weight is 283 g/mol. The van der Waals surface area contributed by atoms with Crippen molar-refractivity contribution in [3.05, 3.63) is 35.9 Å². The molecule has 0 amide bonds. The third kappa shape index (κ3) is 4.03. The standard InChI is InChI=1S/C14H21NO3S/c1-15-8-9-18-10-13(12-6-4-3-5-7-12)14(15)11-19(2,16)17/h3-7,13-14H,8-11H2,1-2H3. The highest BCUT2D eigenvalue weighted by Crippen LogP contribution is 2.26. The molecular formula is C14H21NO3S. The van der Waals surface area contributed by atoms with Gasteiger partial charge in [-0.1, -0.05) is 30.3 Å². The van der Waals surface area contributed by atoms with Gasteiger partial charge in [-0.25, -0.2) is 8.42 Å². The fourth-order valence-electron chi connectivity index (χ4n) is 2.58. The van der Waals surface area contributed by atoms with Gasteiger partial charge in [-0.2, -0.15) is 0 Å². The van der Waals surface area contributed by atoms with Gasteiger partial charge in [-0.3, -0.25) is 4.90 Å². The SMILES string of the molecule is CN1CCOCC(c2ccccc2)C1CS(C)(=O)=O. The summed E-state index contributed by atoms with van der Waals surface area (Å²) in [4.78, 5) is 2.10. The lowest BCUT2D eigenvalue weighted by Gasteiger charge is -2.31. The van der Waals surface area contributed by atoms with Gasteiger partial charge in [0.2, 0.25) is 0 Å². The highest BCUT2D eigenvalue weighted by molar-refractivity contribution is 7.90. The molecule has 1 aromatic rings. The zero-order valence-corrected chi connectivity index (χ0v) is 12.3. The molecule has 0 N–H and O–H groups in total. The predicted octanol–water partition coefficient (Wildman–Crippen LogP) is 1.15. The van der Waals surface area contributed by atoms with Crippen molar-refractivity contribution in [1.82, 2.24) is 4.90 Å². The van der Waals surface area contributed by atoms with Crippen LogP contribution in [0.15, 0.2) is 30.3 Å². The van der Waals surface area contributed by atoms with Gasteiger partial charge >= 0.3 is 0 Å². The summed E-state index contributed by atoms with van der Waals surface area (Å²) in [5.41, 5.74) is 1.14. The second-order valence-electron chi connectivity index (χ2n) is 5.23. The van der Waals surface area contributed by atoms with Gasteiger partial charge in [-0.15, -0.1) is 0 Å². The molecule has 2 atom stereocenters. The molecule has 0 bridgehead atoms. The molecule has 1 aliphatic heterocycles. The third-order valence-corrected chi connectivity index (χ3v) is 4.56. The van der Waals surface area contributed by atoms with E-state index in [2.05, 4.69) is 4.90 Å². The maximum absolute atomic E-state index is 11.7. The van der Waals surface area contributed by atoms with E-state index < -0.39 is 9.84 Å². The smallest absolute Gasteiger partial charge is 0.149 e. The summed E-state index contributed by atoms with van der Waals surface area (Å²) in [5, 5.41) is 0. The van der Waals surface area contributed by atoms with Crippen LogP contribution in [0, 0.1) is 0 Å². The van der Waals surface area contributed by atoms with Crippen LogP contribution in [0.5, 0.6) is 0 Å². The highest BCUT2D eigenvalue weighted by atomic mass is 32.2. The molecule has 1 heterocycles. The number of likely N-dealkylation sites (N-methyl/N-ethyl adjacent to an activating group) is 1. The minimum Gasteiger partial charge on any atom is -0.379 e. The Morgan fingerprint density at radius 1 is 1.32 bits per heavy atom. The normalized spacial score (nSPS) is 26.0. The zero-order valence-electron chi connectivity index (χ0n) is 11.5. The number of hydrogen-bond donors (Lipinski definition) is 0. The first-order chi connectivity index (χ1) is 8.97. The number of benzene rings is 1. The van der Waals surface area contributed by atoms with Crippen molar-refractivity contribution < 1.29 is 13.2 Å². The maximum Gasteiger partial charge on any atom is 0.149 e. The van der Waals surface area contributed by atoms with Crippen molar-refractivity contribution in [3.63, 3.8) is 0 Å². The number of ether oxygens (including phenoxy) is 1. The van der Waals surface area contributed by atoms with Gasteiger partial charge < -0.3 is 4.74 Å². The summed E-state index contributed by atoms with van der Waals surface area (Å²) < 4.78 is 29.0. The second-order valence-corrected chi connectivity index (χ2v) is 7.42. The van der Waals surface area contributed by atoms with Crippen LogP contribution >= 0.6 is 0 Å². The van der Waals surface area contributed by atoms with Crippen LogP contribution < -0.4 is 0 Å². The quantitative estimate of drug-likeness (QED) is 0.835. The summed E-state index contributed by atoms with van der Waals surface area (Å²) in [6.45, 7) is 2.00. The largest absolute Gasteiger partial charge is 0.379 e. The molecule has 0 spiro atoms. The first-order valence-corrected chi connectivity index (χ1v) is 8.54. The highest BCUT2D eigenvalue weighted by Gasteiger charge is 2.31. The molecule has 2 rings (SSSR count). The number of hydrogen-bond acceptors (Lipinski definition) is 4. The van der Waals surface area contributed by atoms with Crippen molar-refractivity contribution in [3.8, 4) is 0 Å². The summed E-state index contributed by atoms with van der Waals surface area (Å²) in [7, 11) is -1.04. The summed E-state index contributed by atoms with van der Waals surface area (Å²) in [6.07, 6.45) is 1.30. The molecule has 0 aromatic heterocycles. The molecule has 2 unspecified atom stereocenters. The molecule has 4 nitrogen and oxygen atoms in total. The Hall–Kier alpha value is -0.910. The Morgan fingerprint density at radius 2 is 2.00 bits per heavy atom. The predicted molar refractivity (Wildman–Crippen MR) is 76.1 cm³/mol. The lowest BCUT2D eigenvalue weighted by Crippen LogP contribution is -2.42. The van der Waals surface area contributed by atoms with Crippen LogP contribution in [0.4, 0.5) is 0 Å². The van der Waals surface area contributed by atoms with Crippen molar-refractivity contribution in [1.29, 1.82) is 0 Å². The van der Waals surface area contributed by atoms with E-state index in [9.17, 15) is 8.42 Å². The summed E-state index contributed by atoms with van der Waals surface area (Å²) >= 11 is 0. The number of nitrogens with zero attached hydrogens (tertiary/aromatic N) is 1. The van der Waals surface area contributed by atoms with Crippen LogP contribution in [0.1, 0.15) is 11.5 Å². The van der Waals surface area contributed by atoms with Gasteiger partial charge in [0.25, 0.3) is 0 Å². The minimum atomic E-state index is -3.01.